The van der Waals surface area contributed by atoms with Gasteiger partial charge in [-0.25, -0.2) is 0 Å². The molecule has 4 rings (SSSR count). The average Bonchev–Trinajstić information content (AvgIpc) is 3.30. The number of hydrogen-bond donors (Lipinski definition) is 2. The van der Waals surface area contributed by atoms with E-state index in [0.29, 0.717) is 35.2 Å². The minimum Gasteiger partial charge on any atom is -0.489 e. The lowest BCUT2D eigenvalue weighted by molar-refractivity contribution is 0.244. The van der Waals surface area contributed by atoms with Crippen LogP contribution in [-0.2, 0) is 6.42 Å². The van der Waals surface area contributed by atoms with Gasteiger partial charge in [0, 0.05) is 23.2 Å². The van der Waals surface area contributed by atoms with Crippen molar-refractivity contribution in [3.63, 3.8) is 0 Å². The van der Waals surface area contributed by atoms with Crippen LogP contribution in [0.15, 0.2) is 40.9 Å². The van der Waals surface area contributed by atoms with E-state index in [4.69, 9.17) is 15.0 Å². The molecule has 0 saturated heterocycles. The van der Waals surface area contributed by atoms with Crippen LogP contribution >= 0.6 is 0 Å². The summed E-state index contributed by atoms with van der Waals surface area (Å²) in [5.41, 5.74) is 11.1. The van der Waals surface area contributed by atoms with Gasteiger partial charge in [0.25, 0.3) is 5.89 Å². The van der Waals surface area contributed by atoms with Crippen LogP contribution in [0.2, 0.25) is 0 Å². The number of nitrogens with one attached hydrogen (secondary N) is 1. The molecule has 1 atom stereocenters. The van der Waals surface area contributed by atoms with Gasteiger partial charge in [-0.15, -0.1) is 0 Å². The predicted octanol–water partition coefficient (Wildman–Crippen LogP) is 4.76. The van der Waals surface area contributed by atoms with Crippen LogP contribution in [0, 0.1) is 0 Å². The third-order valence-corrected chi connectivity index (χ3v) is 5.09. The first kappa shape index (κ1) is 19.5. The molecule has 0 fully saturated rings. The van der Waals surface area contributed by atoms with Crippen molar-refractivity contribution in [2.24, 2.45) is 0 Å². The van der Waals surface area contributed by atoms with E-state index in [9.17, 15) is 0 Å². The molecule has 0 radical (unpaired) electrons. The summed E-state index contributed by atoms with van der Waals surface area (Å²) in [5.74, 6) is 1.73. The van der Waals surface area contributed by atoms with Crippen molar-refractivity contribution in [3.8, 4) is 28.6 Å². The summed E-state index contributed by atoms with van der Waals surface area (Å²) in [6.07, 6.45) is 2.16. The smallest absolute Gasteiger partial charge is 0.258 e. The van der Waals surface area contributed by atoms with Gasteiger partial charge in [0.15, 0.2) is 0 Å². The zero-order valence-corrected chi connectivity index (χ0v) is 17.4. The molecule has 1 aromatic heterocycles. The fourth-order valence-corrected chi connectivity index (χ4v) is 3.93. The highest BCUT2D eigenvalue weighted by molar-refractivity contribution is 5.69. The summed E-state index contributed by atoms with van der Waals surface area (Å²) in [6, 6.07) is 12.7. The summed E-state index contributed by atoms with van der Waals surface area (Å²) in [4.78, 5) is 4.65. The van der Waals surface area contributed by atoms with Crippen molar-refractivity contribution in [1.82, 2.24) is 15.5 Å². The predicted molar refractivity (Wildman–Crippen MR) is 115 cm³/mol. The minimum atomic E-state index is 0.0624. The second-order valence-electron chi connectivity index (χ2n) is 8.13. The van der Waals surface area contributed by atoms with Gasteiger partial charge < -0.3 is 20.3 Å². The lowest BCUT2D eigenvalue weighted by Crippen LogP contribution is -2.26. The third-order valence-electron chi connectivity index (χ3n) is 5.09. The van der Waals surface area contributed by atoms with Crippen molar-refractivity contribution >= 4 is 5.69 Å². The number of nitrogens with zero attached hydrogens (tertiary/aromatic N) is 2. The standard InChI is InChI=1S/C23H28N4O2/c1-13(2)25-20-10-9-16-17(20)6-5-7-18(16)22-26-23(29-27-22)15-8-11-21(19(24)12-15)28-14(3)4/h5-8,11-14,20,25H,9-10,24H2,1-4H3/t20-/m0/s1. The fourth-order valence-electron chi connectivity index (χ4n) is 3.93. The van der Waals surface area contributed by atoms with Crippen molar-refractivity contribution in [3.05, 3.63) is 47.5 Å². The maximum Gasteiger partial charge on any atom is 0.258 e. The molecule has 0 spiro atoms. The number of benzene rings is 2. The first-order valence-corrected chi connectivity index (χ1v) is 10.2. The molecule has 6 nitrogen and oxygen atoms in total. The van der Waals surface area contributed by atoms with Crippen LogP contribution in [0.3, 0.4) is 0 Å². The molecule has 29 heavy (non-hydrogen) atoms. The topological polar surface area (TPSA) is 86.2 Å². The molecule has 3 aromatic rings. The van der Waals surface area contributed by atoms with Gasteiger partial charge in [0.2, 0.25) is 5.82 Å². The Morgan fingerprint density at radius 2 is 2.00 bits per heavy atom. The second kappa shape index (κ2) is 7.87. The number of anilines is 1. The van der Waals surface area contributed by atoms with E-state index in [0.717, 1.165) is 24.0 Å². The average molecular weight is 393 g/mol. The number of ether oxygens (including phenoxy) is 1. The summed E-state index contributed by atoms with van der Waals surface area (Å²) in [5, 5.41) is 7.89. The number of hydrogen-bond acceptors (Lipinski definition) is 6. The number of aromatic nitrogens is 2. The first-order valence-electron chi connectivity index (χ1n) is 10.2. The highest BCUT2D eigenvalue weighted by Crippen LogP contribution is 2.38. The molecule has 1 aliphatic carbocycles. The van der Waals surface area contributed by atoms with Gasteiger partial charge in [0.05, 0.1) is 11.8 Å². The van der Waals surface area contributed by atoms with Crippen LogP contribution in [-0.4, -0.2) is 22.3 Å². The van der Waals surface area contributed by atoms with Gasteiger partial charge in [-0.2, -0.15) is 4.98 Å². The molecule has 3 N–H and O–H groups in total. The number of rotatable bonds is 6. The lowest BCUT2D eigenvalue weighted by atomic mass is 10.0. The Morgan fingerprint density at radius 3 is 2.72 bits per heavy atom. The monoisotopic (exact) mass is 392 g/mol. The molecule has 0 aliphatic heterocycles. The van der Waals surface area contributed by atoms with Crippen molar-refractivity contribution < 1.29 is 9.26 Å². The quantitative estimate of drug-likeness (QED) is 0.588. The Kier molecular flexibility index (Phi) is 5.28. The Hall–Kier alpha value is -2.86. The van der Waals surface area contributed by atoms with Crippen molar-refractivity contribution in [2.45, 2.75) is 58.7 Å². The van der Waals surface area contributed by atoms with Crippen molar-refractivity contribution in [1.29, 1.82) is 0 Å². The molecule has 0 amide bonds. The number of fused-ring (bicyclic) bond motifs is 1. The van der Waals surface area contributed by atoms with E-state index in [1.807, 2.05) is 32.0 Å². The van der Waals surface area contributed by atoms with E-state index in [1.54, 1.807) is 0 Å². The van der Waals surface area contributed by atoms with E-state index < -0.39 is 0 Å². The van der Waals surface area contributed by atoms with Crippen molar-refractivity contribution in [2.75, 3.05) is 5.73 Å². The third kappa shape index (κ3) is 3.98. The molecule has 6 heteroatoms. The molecule has 0 unspecified atom stereocenters. The first-order chi connectivity index (χ1) is 13.9. The van der Waals surface area contributed by atoms with Crippen LogP contribution in [0.25, 0.3) is 22.8 Å². The highest BCUT2D eigenvalue weighted by Gasteiger charge is 2.26. The lowest BCUT2D eigenvalue weighted by Gasteiger charge is -2.17. The molecule has 152 valence electrons. The Bertz CT molecular complexity index is 1010. The van der Waals surface area contributed by atoms with E-state index in [-0.39, 0.29) is 6.10 Å². The van der Waals surface area contributed by atoms with E-state index in [2.05, 4.69) is 47.5 Å². The summed E-state index contributed by atoms with van der Waals surface area (Å²) < 4.78 is 11.3. The van der Waals surface area contributed by atoms with Crippen LogP contribution in [0.5, 0.6) is 5.75 Å². The van der Waals surface area contributed by atoms with Crippen LogP contribution in [0.4, 0.5) is 5.69 Å². The van der Waals surface area contributed by atoms with Gasteiger partial charge in [-0.05, 0) is 56.0 Å². The van der Waals surface area contributed by atoms with Gasteiger partial charge >= 0.3 is 0 Å². The molecular formula is C23H28N4O2. The Balaban J connectivity index is 1.62. The molecule has 0 saturated carbocycles. The number of nitrogen functional groups attached to an aromatic ring is 1. The maximum atomic E-state index is 6.13. The summed E-state index contributed by atoms with van der Waals surface area (Å²) >= 11 is 0. The molecular weight excluding hydrogens is 364 g/mol. The minimum absolute atomic E-state index is 0.0624. The summed E-state index contributed by atoms with van der Waals surface area (Å²) in [7, 11) is 0. The SMILES string of the molecule is CC(C)N[C@H]1CCc2c(-c3noc(-c4ccc(OC(C)C)c(N)c4)n3)cccc21. The highest BCUT2D eigenvalue weighted by atomic mass is 16.5. The largest absolute Gasteiger partial charge is 0.489 e. The summed E-state index contributed by atoms with van der Waals surface area (Å²) in [6.45, 7) is 8.29. The van der Waals surface area contributed by atoms with E-state index >= 15 is 0 Å². The van der Waals surface area contributed by atoms with Gasteiger partial charge in [-0.1, -0.05) is 37.2 Å². The zero-order chi connectivity index (χ0) is 20.5. The molecule has 0 bridgehead atoms. The second-order valence-corrected chi connectivity index (χ2v) is 8.13. The fraction of sp³-hybridized carbons (Fsp3) is 0.391. The Morgan fingerprint density at radius 1 is 1.17 bits per heavy atom. The zero-order valence-electron chi connectivity index (χ0n) is 17.4. The molecule has 1 heterocycles. The Labute approximate surface area is 171 Å². The van der Waals surface area contributed by atoms with Crippen LogP contribution < -0.4 is 15.8 Å². The number of nitrogens with two attached hydrogens (primary N) is 1. The van der Waals surface area contributed by atoms with E-state index in [1.165, 1.54) is 11.1 Å². The van der Waals surface area contributed by atoms with Gasteiger partial charge in [-0.3, -0.25) is 0 Å². The van der Waals surface area contributed by atoms with Gasteiger partial charge in [0.1, 0.15) is 5.75 Å². The molecule has 1 aliphatic rings. The maximum absolute atomic E-state index is 6.13. The van der Waals surface area contributed by atoms with Crippen LogP contribution in [0.1, 0.15) is 51.3 Å². The molecule has 2 aromatic carbocycles. The normalized spacial score (nSPS) is 15.9.